The molecule has 0 spiro atoms. The maximum Gasteiger partial charge on any atom is 0.209 e. The van der Waals surface area contributed by atoms with E-state index in [2.05, 4.69) is 15.6 Å². The van der Waals surface area contributed by atoms with E-state index in [1.807, 2.05) is 30.3 Å². The molecule has 5 nitrogen and oxygen atoms in total. The zero-order valence-electron chi connectivity index (χ0n) is 10.9. The molecule has 2 aromatic rings. The lowest BCUT2D eigenvalue weighted by molar-refractivity contribution is 0.103. The van der Waals surface area contributed by atoms with Gasteiger partial charge in [-0.25, -0.2) is 0 Å². The van der Waals surface area contributed by atoms with Crippen LogP contribution in [0.1, 0.15) is 16.8 Å². The largest absolute Gasteiger partial charge is 0.371 e. The fourth-order valence-electron chi connectivity index (χ4n) is 2.37. The molecule has 1 aromatic heterocycles. The first-order valence-corrected chi connectivity index (χ1v) is 6.54. The summed E-state index contributed by atoms with van der Waals surface area (Å²) in [6.45, 7) is 1.54. The Labute approximate surface area is 116 Å². The smallest absolute Gasteiger partial charge is 0.209 e. The molecule has 100 valence electrons. The number of carbonyl (C=O) groups excluding carboxylic acids is 1. The number of carbonyl (C=O) groups is 1. The molecule has 0 unspecified atom stereocenters. The van der Waals surface area contributed by atoms with Crippen molar-refractivity contribution in [3.63, 3.8) is 0 Å². The second-order valence-electron chi connectivity index (χ2n) is 4.65. The summed E-state index contributed by atoms with van der Waals surface area (Å²) < 4.78 is 0. The van der Waals surface area contributed by atoms with Gasteiger partial charge in [0.1, 0.15) is 17.5 Å². The predicted molar refractivity (Wildman–Crippen MR) is 75.9 cm³/mol. The molecule has 20 heavy (non-hydrogen) atoms. The average molecular weight is 266 g/mol. The number of hydrogen-bond acceptors (Lipinski definition) is 4. The zero-order valence-corrected chi connectivity index (χ0v) is 10.9. The minimum Gasteiger partial charge on any atom is -0.371 e. The van der Waals surface area contributed by atoms with Crippen molar-refractivity contribution < 1.29 is 4.79 Å². The van der Waals surface area contributed by atoms with E-state index in [9.17, 15) is 10.1 Å². The minimum atomic E-state index is -0.262. The van der Waals surface area contributed by atoms with Gasteiger partial charge in [0.05, 0.1) is 0 Å². The van der Waals surface area contributed by atoms with Crippen molar-refractivity contribution in [2.24, 2.45) is 0 Å². The first-order chi connectivity index (χ1) is 9.81. The van der Waals surface area contributed by atoms with E-state index in [4.69, 9.17) is 0 Å². The quantitative estimate of drug-likeness (QED) is 0.439. The minimum absolute atomic E-state index is 0.134. The van der Waals surface area contributed by atoms with E-state index >= 15 is 0 Å². The van der Waals surface area contributed by atoms with Crippen molar-refractivity contribution in [2.45, 2.75) is 6.42 Å². The van der Waals surface area contributed by atoms with E-state index in [1.54, 1.807) is 6.20 Å². The van der Waals surface area contributed by atoms with E-state index in [0.29, 0.717) is 11.4 Å². The van der Waals surface area contributed by atoms with E-state index in [0.717, 1.165) is 30.4 Å². The Kier molecular flexibility index (Phi) is 3.13. The molecular weight excluding hydrogens is 252 g/mol. The van der Waals surface area contributed by atoms with Crippen molar-refractivity contribution in [1.82, 2.24) is 15.6 Å². The van der Waals surface area contributed by atoms with Crippen LogP contribution in [0.4, 0.5) is 0 Å². The second kappa shape index (κ2) is 5.10. The Morgan fingerprint density at radius 1 is 1.20 bits per heavy atom. The number of benzene rings is 1. The molecule has 0 atom stereocenters. The highest BCUT2D eigenvalue weighted by Gasteiger charge is 2.21. The number of hydrogen-bond donors (Lipinski definition) is 3. The molecule has 1 saturated heterocycles. The van der Waals surface area contributed by atoms with Gasteiger partial charge < -0.3 is 15.6 Å². The summed E-state index contributed by atoms with van der Waals surface area (Å²) >= 11 is 0. The van der Waals surface area contributed by atoms with Crippen LogP contribution in [0, 0.1) is 11.3 Å². The monoisotopic (exact) mass is 266 g/mol. The van der Waals surface area contributed by atoms with Gasteiger partial charge in [0.2, 0.25) is 5.78 Å². The number of Topliss-reactive ketones (excluding diaryl/α,β-unsaturated/α-hetero) is 1. The predicted octanol–water partition coefficient (Wildman–Crippen LogP) is 1.67. The van der Waals surface area contributed by atoms with Crippen LogP contribution in [0.3, 0.4) is 0 Å². The van der Waals surface area contributed by atoms with Crippen molar-refractivity contribution in [1.29, 1.82) is 5.26 Å². The maximum absolute atomic E-state index is 12.6. The van der Waals surface area contributed by atoms with E-state index < -0.39 is 0 Å². The van der Waals surface area contributed by atoms with Crippen LogP contribution in [0.15, 0.2) is 41.9 Å². The number of para-hydroxylation sites is 1. The van der Waals surface area contributed by atoms with Crippen LogP contribution in [-0.4, -0.2) is 23.9 Å². The molecule has 1 aliphatic rings. The van der Waals surface area contributed by atoms with Crippen LogP contribution >= 0.6 is 0 Å². The molecule has 2 heterocycles. The zero-order chi connectivity index (χ0) is 13.9. The SMILES string of the molecule is N#CC(C(=O)c1c[nH]c2ccccc12)=C1NCCCN1. The van der Waals surface area contributed by atoms with Crippen molar-refractivity contribution in [2.75, 3.05) is 13.1 Å². The van der Waals surface area contributed by atoms with Crippen LogP contribution in [-0.2, 0) is 0 Å². The number of ketones is 1. The van der Waals surface area contributed by atoms with E-state index in [1.165, 1.54) is 0 Å². The third-order valence-electron chi connectivity index (χ3n) is 3.38. The maximum atomic E-state index is 12.6. The molecule has 3 rings (SSSR count). The molecule has 0 saturated carbocycles. The first-order valence-electron chi connectivity index (χ1n) is 6.54. The number of allylic oxidation sites excluding steroid dienone is 1. The van der Waals surface area contributed by atoms with Crippen molar-refractivity contribution in [3.8, 4) is 6.07 Å². The number of aromatic amines is 1. The third-order valence-corrected chi connectivity index (χ3v) is 3.38. The van der Waals surface area contributed by atoms with Gasteiger partial charge in [-0.2, -0.15) is 5.26 Å². The van der Waals surface area contributed by atoms with Crippen LogP contribution in [0.25, 0.3) is 10.9 Å². The average Bonchev–Trinajstić information content (AvgIpc) is 2.93. The van der Waals surface area contributed by atoms with Gasteiger partial charge in [-0.05, 0) is 12.5 Å². The molecular formula is C15H14N4O. The molecule has 0 bridgehead atoms. The summed E-state index contributed by atoms with van der Waals surface area (Å²) in [6, 6.07) is 9.58. The number of nitriles is 1. The Balaban J connectivity index is 2.05. The number of H-pyrrole nitrogens is 1. The number of fused-ring (bicyclic) bond motifs is 1. The standard InChI is InChI=1S/C15H14N4O/c16-8-11(15-17-6-3-7-18-15)14(20)12-9-19-13-5-2-1-4-10(12)13/h1-2,4-5,9,17-19H,3,6-7H2. The van der Waals surface area contributed by atoms with Gasteiger partial charge in [0, 0.05) is 35.8 Å². The van der Waals surface area contributed by atoms with Crippen LogP contribution in [0.2, 0.25) is 0 Å². The van der Waals surface area contributed by atoms with Gasteiger partial charge in [-0.1, -0.05) is 18.2 Å². The molecule has 0 amide bonds. The fourth-order valence-corrected chi connectivity index (χ4v) is 2.37. The number of rotatable bonds is 2. The number of nitrogens with zero attached hydrogens (tertiary/aromatic N) is 1. The molecule has 0 aliphatic carbocycles. The van der Waals surface area contributed by atoms with Crippen LogP contribution < -0.4 is 10.6 Å². The highest BCUT2D eigenvalue weighted by Crippen LogP contribution is 2.21. The Morgan fingerprint density at radius 3 is 2.70 bits per heavy atom. The Bertz CT molecular complexity index is 728. The second-order valence-corrected chi connectivity index (χ2v) is 4.65. The van der Waals surface area contributed by atoms with Crippen LogP contribution in [0.5, 0.6) is 0 Å². The molecule has 1 aromatic carbocycles. The lowest BCUT2D eigenvalue weighted by Gasteiger charge is -2.20. The van der Waals surface area contributed by atoms with Gasteiger partial charge in [-0.3, -0.25) is 4.79 Å². The highest BCUT2D eigenvalue weighted by molar-refractivity contribution is 6.18. The topological polar surface area (TPSA) is 80.7 Å². The van der Waals surface area contributed by atoms with Crippen molar-refractivity contribution in [3.05, 3.63) is 47.4 Å². The molecule has 1 aliphatic heterocycles. The third kappa shape index (κ3) is 2.01. The van der Waals surface area contributed by atoms with Crippen molar-refractivity contribution >= 4 is 16.7 Å². The number of aromatic nitrogens is 1. The molecule has 5 heteroatoms. The lowest BCUT2D eigenvalue weighted by atomic mass is 10.0. The van der Waals surface area contributed by atoms with Gasteiger partial charge in [0.25, 0.3) is 0 Å². The first kappa shape index (κ1) is 12.3. The van der Waals surface area contributed by atoms with Gasteiger partial charge in [-0.15, -0.1) is 0 Å². The van der Waals surface area contributed by atoms with Gasteiger partial charge in [0.15, 0.2) is 0 Å². The normalized spacial score (nSPS) is 14.2. The lowest BCUT2D eigenvalue weighted by Crippen LogP contribution is -2.37. The van der Waals surface area contributed by atoms with Gasteiger partial charge >= 0.3 is 0 Å². The Hall–Kier alpha value is -2.74. The Morgan fingerprint density at radius 2 is 1.95 bits per heavy atom. The summed E-state index contributed by atoms with van der Waals surface area (Å²) in [4.78, 5) is 15.6. The van der Waals surface area contributed by atoms with E-state index in [-0.39, 0.29) is 11.4 Å². The summed E-state index contributed by atoms with van der Waals surface area (Å²) in [5.74, 6) is 0.274. The fraction of sp³-hybridized carbons (Fsp3) is 0.200. The summed E-state index contributed by atoms with van der Waals surface area (Å²) in [5, 5.41) is 16.3. The molecule has 0 radical (unpaired) electrons. The molecule has 3 N–H and O–H groups in total. The summed E-state index contributed by atoms with van der Waals surface area (Å²) in [6.07, 6.45) is 2.64. The molecule has 1 fully saturated rings. The highest BCUT2D eigenvalue weighted by atomic mass is 16.1. The summed E-state index contributed by atoms with van der Waals surface area (Å²) in [7, 11) is 0. The summed E-state index contributed by atoms with van der Waals surface area (Å²) in [5.41, 5.74) is 1.55. The number of nitrogens with one attached hydrogen (secondary N) is 3.